The van der Waals surface area contributed by atoms with Crippen LogP contribution in [0.4, 0.5) is 11.7 Å². The van der Waals surface area contributed by atoms with Gasteiger partial charge in [-0.05, 0) is 19.2 Å². The van der Waals surface area contributed by atoms with Crippen molar-refractivity contribution >= 4 is 11.7 Å². The van der Waals surface area contributed by atoms with Gasteiger partial charge in [0.25, 0.3) is 0 Å². The number of benzene rings is 1. The molecule has 0 atom stereocenters. The third-order valence-corrected chi connectivity index (χ3v) is 2.21. The van der Waals surface area contributed by atoms with Crippen molar-refractivity contribution in [2.45, 2.75) is 6.54 Å². The van der Waals surface area contributed by atoms with E-state index in [9.17, 15) is 0 Å². The van der Waals surface area contributed by atoms with E-state index in [0.717, 1.165) is 5.69 Å². The molecule has 0 fully saturated rings. The van der Waals surface area contributed by atoms with Crippen LogP contribution in [0.5, 0.6) is 0 Å². The van der Waals surface area contributed by atoms with Crippen molar-refractivity contribution in [3.8, 4) is 0 Å². The average Bonchev–Trinajstić information content (AvgIpc) is 2.78. The predicted octanol–water partition coefficient (Wildman–Crippen LogP) is 1.56. The molecular weight excluding hydrogens is 204 g/mol. The summed E-state index contributed by atoms with van der Waals surface area (Å²) in [5, 5.41) is 10.9. The molecule has 0 saturated heterocycles. The number of para-hydroxylation sites is 1. The van der Waals surface area contributed by atoms with E-state index >= 15 is 0 Å². The van der Waals surface area contributed by atoms with E-state index in [0.29, 0.717) is 18.5 Å². The summed E-state index contributed by atoms with van der Waals surface area (Å²) in [6.07, 6.45) is 0. The minimum Gasteiger partial charge on any atom is -0.406 e. The molecule has 5 nitrogen and oxygen atoms in total. The van der Waals surface area contributed by atoms with Crippen molar-refractivity contribution in [2.24, 2.45) is 0 Å². The molecule has 0 saturated carbocycles. The summed E-state index contributed by atoms with van der Waals surface area (Å²) in [6, 6.07) is 10.4. The lowest BCUT2D eigenvalue weighted by atomic mass is 10.3. The molecule has 0 spiro atoms. The lowest BCUT2D eigenvalue weighted by Crippen LogP contribution is -2.09. The van der Waals surface area contributed by atoms with Crippen LogP contribution in [0.3, 0.4) is 0 Å². The highest BCUT2D eigenvalue weighted by atomic mass is 16.4. The molecule has 5 heteroatoms. The highest BCUT2D eigenvalue weighted by Gasteiger charge is 2.11. The molecule has 0 unspecified atom stereocenters. The largest absolute Gasteiger partial charge is 0.406 e. The van der Waals surface area contributed by atoms with Crippen LogP contribution >= 0.6 is 0 Å². The Bertz CT molecular complexity index is 440. The lowest BCUT2D eigenvalue weighted by molar-refractivity contribution is 0.484. The van der Waals surface area contributed by atoms with Crippen molar-refractivity contribution in [3.63, 3.8) is 0 Å². The number of anilines is 2. The van der Waals surface area contributed by atoms with E-state index in [2.05, 4.69) is 15.5 Å². The van der Waals surface area contributed by atoms with Gasteiger partial charge in [0.05, 0.1) is 6.54 Å². The Morgan fingerprint density at radius 2 is 2.00 bits per heavy atom. The Hall–Kier alpha value is -1.88. The van der Waals surface area contributed by atoms with Gasteiger partial charge in [-0.15, -0.1) is 5.10 Å². The van der Waals surface area contributed by atoms with Crippen molar-refractivity contribution in [2.75, 3.05) is 19.0 Å². The third kappa shape index (κ3) is 2.20. The first-order chi connectivity index (χ1) is 7.81. The van der Waals surface area contributed by atoms with Gasteiger partial charge in [-0.1, -0.05) is 23.3 Å². The normalized spacial score (nSPS) is 10.4. The molecule has 0 bridgehead atoms. The van der Waals surface area contributed by atoms with Crippen molar-refractivity contribution in [3.05, 3.63) is 36.2 Å². The van der Waals surface area contributed by atoms with Gasteiger partial charge in [-0.2, -0.15) is 0 Å². The van der Waals surface area contributed by atoms with Crippen molar-refractivity contribution < 1.29 is 4.42 Å². The number of aromatic nitrogens is 2. The number of hydrogen-bond acceptors (Lipinski definition) is 5. The second-order valence-corrected chi connectivity index (χ2v) is 3.40. The molecule has 0 radical (unpaired) electrons. The van der Waals surface area contributed by atoms with Gasteiger partial charge in [-0.25, -0.2) is 0 Å². The molecule has 2 rings (SSSR count). The smallest absolute Gasteiger partial charge is 0.322 e. The van der Waals surface area contributed by atoms with E-state index in [-0.39, 0.29) is 0 Å². The van der Waals surface area contributed by atoms with Crippen LogP contribution in [0.1, 0.15) is 5.89 Å². The van der Waals surface area contributed by atoms with Gasteiger partial charge in [0.2, 0.25) is 5.89 Å². The Morgan fingerprint density at radius 1 is 1.25 bits per heavy atom. The first-order valence-electron chi connectivity index (χ1n) is 5.07. The predicted molar refractivity (Wildman–Crippen MR) is 61.6 cm³/mol. The van der Waals surface area contributed by atoms with Crippen LogP contribution in [-0.4, -0.2) is 24.3 Å². The lowest BCUT2D eigenvalue weighted by Gasteiger charge is -2.13. The molecule has 0 aliphatic carbocycles. The van der Waals surface area contributed by atoms with Crippen molar-refractivity contribution in [1.29, 1.82) is 0 Å². The van der Waals surface area contributed by atoms with Crippen LogP contribution in [0, 0.1) is 0 Å². The summed E-state index contributed by atoms with van der Waals surface area (Å²) in [6.45, 7) is 0.579. The monoisotopic (exact) mass is 218 g/mol. The molecule has 16 heavy (non-hydrogen) atoms. The Kier molecular flexibility index (Phi) is 3.16. The summed E-state index contributed by atoms with van der Waals surface area (Å²) in [4.78, 5) is 1.85. The number of nitrogens with zero attached hydrogens (tertiary/aromatic N) is 3. The number of hydrogen-bond donors (Lipinski definition) is 1. The summed E-state index contributed by atoms with van der Waals surface area (Å²) < 4.78 is 5.48. The summed E-state index contributed by atoms with van der Waals surface area (Å²) in [5.74, 6) is 0.584. The molecule has 1 heterocycles. The number of rotatable bonds is 4. The van der Waals surface area contributed by atoms with Gasteiger partial charge in [-0.3, -0.25) is 4.90 Å². The molecule has 0 amide bonds. The molecule has 0 aliphatic rings. The summed E-state index contributed by atoms with van der Waals surface area (Å²) in [7, 11) is 3.73. The van der Waals surface area contributed by atoms with Gasteiger partial charge in [0, 0.05) is 12.7 Å². The SMILES string of the molecule is CNCc1nnc(N(C)c2ccccc2)o1. The van der Waals surface area contributed by atoms with Gasteiger partial charge in [0.1, 0.15) is 0 Å². The summed E-state index contributed by atoms with van der Waals surface area (Å²) >= 11 is 0. The first-order valence-corrected chi connectivity index (χ1v) is 5.07. The summed E-state index contributed by atoms with van der Waals surface area (Å²) in [5.41, 5.74) is 1.02. The fourth-order valence-electron chi connectivity index (χ4n) is 1.36. The van der Waals surface area contributed by atoms with Crippen LogP contribution < -0.4 is 10.2 Å². The average molecular weight is 218 g/mol. The zero-order valence-corrected chi connectivity index (χ0v) is 9.34. The highest BCUT2D eigenvalue weighted by Crippen LogP contribution is 2.21. The van der Waals surface area contributed by atoms with Gasteiger partial charge in [0.15, 0.2) is 0 Å². The van der Waals surface area contributed by atoms with E-state index < -0.39 is 0 Å². The highest BCUT2D eigenvalue weighted by molar-refractivity contribution is 5.54. The second-order valence-electron chi connectivity index (χ2n) is 3.40. The van der Waals surface area contributed by atoms with E-state index in [1.54, 1.807) is 0 Å². The fourth-order valence-corrected chi connectivity index (χ4v) is 1.36. The Balaban J connectivity index is 2.17. The van der Waals surface area contributed by atoms with Gasteiger partial charge < -0.3 is 9.73 Å². The van der Waals surface area contributed by atoms with Crippen LogP contribution in [0.2, 0.25) is 0 Å². The topological polar surface area (TPSA) is 54.2 Å². The van der Waals surface area contributed by atoms with E-state index in [4.69, 9.17) is 4.42 Å². The van der Waals surface area contributed by atoms with Crippen LogP contribution in [-0.2, 0) is 6.54 Å². The molecule has 0 aliphatic heterocycles. The van der Waals surface area contributed by atoms with Crippen LogP contribution in [0.15, 0.2) is 34.7 Å². The van der Waals surface area contributed by atoms with E-state index in [1.807, 2.05) is 49.3 Å². The molecule has 2 aromatic rings. The fraction of sp³-hybridized carbons (Fsp3) is 0.273. The maximum Gasteiger partial charge on any atom is 0.322 e. The third-order valence-electron chi connectivity index (χ3n) is 2.21. The zero-order valence-electron chi connectivity index (χ0n) is 9.34. The second kappa shape index (κ2) is 4.76. The molecule has 1 aromatic carbocycles. The minimum atomic E-state index is 0.497. The number of nitrogens with one attached hydrogen (secondary N) is 1. The zero-order chi connectivity index (χ0) is 11.4. The molecular formula is C11H14N4O. The van der Waals surface area contributed by atoms with Crippen LogP contribution in [0.25, 0.3) is 0 Å². The van der Waals surface area contributed by atoms with Gasteiger partial charge >= 0.3 is 6.01 Å². The van der Waals surface area contributed by atoms with E-state index in [1.165, 1.54) is 0 Å². The quantitative estimate of drug-likeness (QED) is 0.844. The minimum absolute atomic E-state index is 0.497. The maximum absolute atomic E-state index is 5.48. The Labute approximate surface area is 94.1 Å². The Morgan fingerprint density at radius 3 is 2.69 bits per heavy atom. The van der Waals surface area contributed by atoms with Crippen molar-refractivity contribution in [1.82, 2.24) is 15.5 Å². The maximum atomic E-state index is 5.48. The molecule has 84 valence electrons. The standard InChI is InChI=1S/C11H14N4O/c1-12-8-10-13-14-11(16-10)15(2)9-6-4-3-5-7-9/h3-7,12H,8H2,1-2H3. The molecule has 1 aromatic heterocycles. The molecule has 1 N–H and O–H groups in total. The first kappa shape index (κ1) is 10.6.